The molecule has 0 radical (unpaired) electrons. The minimum absolute atomic E-state index is 0.0887. The number of carbonyl (C=O) groups is 3. The molecule has 2 N–H and O–H groups in total. The van der Waals surface area contributed by atoms with E-state index in [0.717, 1.165) is 12.3 Å². The molecule has 0 aromatic heterocycles. The number of hydrogen-bond donors (Lipinski definition) is 2. The van der Waals surface area contributed by atoms with Crippen LogP contribution >= 0.6 is 23.5 Å². The van der Waals surface area contributed by atoms with Gasteiger partial charge in [-0.2, -0.15) is 11.8 Å². The Morgan fingerprint density at radius 2 is 2.11 bits per heavy atom. The van der Waals surface area contributed by atoms with Gasteiger partial charge in [-0.25, -0.2) is 0 Å². The summed E-state index contributed by atoms with van der Waals surface area (Å²) >= 11 is 2.92. The van der Waals surface area contributed by atoms with Crippen molar-refractivity contribution >= 4 is 41.2 Å². The largest absolute Gasteiger partial charge is 0.358 e. The Kier molecular flexibility index (Phi) is 7.73. The quantitative estimate of drug-likeness (QED) is 0.641. The van der Waals surface area contributed by atoms with E-state index in [9.17, 15) is 14.4 Å². The number of nitrogens with zero attached hydrogens (tertiary/aromatic N) is 1. The normalized spacial score (nSPS) is 15.2. The van der Waals surface area contributed by atoms with Crippen LogP contribution in [0.4, 0.5) is 0 Å². The Morgan fingerprint density at radius 1 is 1.37 bits per heavy atom. The van der Waals surface area contributed by atoms with Crippen LogP contribution in [-0.4, -0.2) is 72.3 Å². The zero-order valence-corrected chi connectivity index (χ0v) is 12.6. The van der Waals surface area contributed by atoms with Crippen molar-refractivity contribution in [3.05, 3.63) is 0 Å². The van der Waals surface area contributed by atoms with Crippen molar-refractivity contribution in [2.45, 2.75) is 0 Å². The highest BCUT2D eigenvalue weighted by Gasteiger charge is 2.17. The number of amides is 3. The Morgan fingerprint density at radius 3 is 2.79 bits per heavy atom. The van der Waals surface area contributed by atoms with Crippen molar-refractivity contribution in [2.75, 3.05) is 49.7 Å². The lowest BCUT2D eigenvalue weighted by Gasteiger charge is -2.26. The molecule has 108 valence electrons. The van der Waals surface area contributed by atoms with Crippen molar-refractivity contribution < 1.29 is 14.4 Å². The van der Waals surface area contributed by atoms with Crippen molar-refractivity contribution in [3.63, 3.8) is 0 Å². The van der Waals surface area contributed by atoms with Crippen molar-refractivity contribution in [1.29, 1.82) is 0 Å². The van der Waals surface area contributed by atoms with Gasteiger partial charge in [-0.3, -0.25) is 14.4 Å². The molecule has 1 aliphatic heterocycles. The second-order valence-corrected chi connectivity index (χ2v) is 6.04. The molecule has 0 aromatic carbocycles. The van der Waals surface area contributed by atoms with Gasteiger partial charge in [-0.1, -0.05) is 0 Å². The Balaban J connectivity index is 2.06. The average molecular weight is 305 g/mol. The van der Waals surface area contributed by atoms with E-state index in [1.54, 1.807) is 23.7 Å². The minimum Gasteiger partial charge on any atom is -0.358 e. The summed E-state index contributed by atoms with van der Waals surface area (Å²) in [7, 11) is 1.57. The van der Waals surface area contributed by atoms with Crippen LogP contribution < -0.4 is 10.6 Å². The third-order valence-electron chi connectivity index (χ3n) is 2.53. The zero-order chi connectivity index (χ0) is 14.1. The molecular formula is C11H19N3O3S2. The summed E-state index contributed by atoms with van der Waals surface area (Å²) in [4.78, 5) is 35.7. The predicted octanol–water partition coefficient (Wildman–Crippen LogP) is -0.843. The monoisotopic (exact) mass is 305 g/mol. The second kappa shape index (κ2) is 9.08. The lowest BCUT2D eigenvalue weighted by molar-refractivity contribution is -0.129. The van der Waals surface area contributed by atoms with Crippen LogP contribution in [0.5, 0.6) is 0 Å². The van der Waals surface area contributed by atoms with Gasteiger partial charge in [0.15, 0.2) is 0 Å². The fraction of sp³-hybridized carbons (Fsp3) is 0.727. The molecule has 1 heterocycles. The molecule has 0 saturated carbocycles. The molecule has 0 atom stereocenters. The lowest BCUT2D eigenvalue weighted by atomic mass is 10.4. The highest BCUT2D eigenvalue weighted by Crippen LogP contribution is 2.09. The highest BCUT2D eigenvalue weighted by atomic mass is 32.2. The number of carbonyl (C=O) groups excluding carboxylic acids is 3. The molecule has 6 nitrogen and oxygen atoms in total. The van der Waals surface area contributed by atoms with Crippen LogP contribution in [-0.2, 0) is 14.4 Å². The Hall–Kier alpha value is -0.890. The van der Waals surface area contributed by atoms with Gasteiger partial charge < -0.3 is 15.5 Å². The van der Waals surface area contributed by atoms with Gasteiger partial charge >= 0.3 is 0 Å². The molecule has 0 unspecified atom stereocenters. The molecule has 0 aliphatic carbocycles. The smallest absolute Gasteiger partial charge is 0.232 e. The predicted molar refractivity (Wildman–Crippen MR) is 78.3 cm³/mol. The van der Waals surface area contributed by atoms with Gasteiger partial charge in [0.25, 0.3) is 0 Å². The standard InChI is InChI=1S/C11H19N3O3S2/c1-12-9(15)6-19-7-10(16)13-2-3-14-4-5-18-8-11(14)17/h2-8H2,1H3,(H,12,15)(H,13,16). The van der Waals surface area contributed by atoms with E-state index in [1.165, 1.54) is 11.8 Å². The number of thioether (sulfide) groups is 2. The van der Waals surface area contributed by atoms with Crippen LogP contribution in [0.1, 0.15) is 0 Å². The number of nitrogens with one attached hydrogen (secondary N) is 2. The van der Waals surface area contributed by atoms with Crippen LogP contribution in [0.2, 0.25) is 0 Å². The molecule has 1 rings (SSSR count). The second-order valence-electron chi connectivity index (χ2n) is 3.95. The van der Waals surface area contributed by atoms with Gasteiger partial charge in [0.05, 0.1) is 17.3 Å². The summed E-state index contributed by atoms with van der Waals surface area (Å²) in [5.41, 5.74) is 0. The molecular weight excluding hydrogens is 286 g/mol. The van der Waals surface area contributed by atoms with E-state index in [2.05, 4.69) is 10.6 Å². The molecule has 8 heteroatoms. The van der Waals surface area contributed by atoms with E-state index >= 15 is 0 Å². The minimum atomic E-state index is -0.104. The van der Waals surface area contributed by atoms with Crippen LogP contribution in [0.25, 0.3) is 0 Å². The number of rotatable bonds is 7. The summed E-state index contributed by atoms with van der Waals surface area (Å²) in [5.74, 6) is 1.99. The molecule has 0 aromatic rings. The first kappa shape index (κ1) is 16.2. The molecule has 1 saturated heterocycles. The molecule has 0 spiro atoms. The molecule has 19 heavy (non-hydrogen) atoms. The van der Waals surface area contributed by atoms with E-state index in [4.69, 9.17) is 0 Å². The molecule has 1 aliphatic rings. The first-order chi connectivity index (χ1) is 9.13. The van der Waals surface area contributed by atoms with E-state index in [0.29, 0.717) is 18.8 Å². The fourth-order valence-electron chi connectivity index (χ4n) is 1.48. The highest BCUT2D eigenvalue weighted by molar-refractivity contribution is 8.00. The van der Waals surface area contributed by atoms with Crippen LogP contribution in [0, 0.1) is 0 Å². The maximum absolute atomic E-state index is 11.5. The third-order valence-corrected chi connectivity index (χ3v) is 4.39. The Labute approximate surface area is 121 Å². The lowest BCUT2D eigenvalue weighted by Crippen LogP contribution is -2.43. The summed E-state index contributed by atoms with van der Waals surface area (Å²) in [6.07, 6.45) is 0. The van der Waals surface area contributed by atoms with E-state index < -0.39 is 0 Å². The third kappa shape index (κ3) is 6.72. The van der Waals surface area contributed by atoms with Crippen LogP contribution in [0.15, 0.2) is 0 Å². The average Bonchev–Trinajstić information content (AvgIpc) is 2.40. The summed E-state index contributed by atoms with van der Waals surface area (Å²) in [6.45, 7) is 1.78. The van der Waals surface area contributed by atoms with E-state index in [1.807, 2.05) is 0 Å². The summed E-state index contributed by atoms with van der Waals surface area (Å²) < 4.78 is 0. The fourth-order valence-corrected chi connectivity index (χ4v) is 3.05. The Bertz CT molecular complexity index is 339. The van der Waals surface area contributed by atoms with Crippen molar-refractivity contribution in [2.24, 2.45) is 0 Å². The van der Waals surface area contributed by atoms with E-state index in [-0.39, 0.29) is 29.2 Å². The van der Waals surface area contributed by atoms with Crippen LogP contribution in [0.3, 0.4) is 0 Å². The molecule has 0 bridgehead atoms. The van der Waals surface area contributed by atoms with Gasteiger partial charge in [-0.05, 0) is 0 Å². The summed E-state index contributed by atoms with van der Waals surface area (Å²) in [6, 6.07) is 0. The first-order valence-electron chi connectivity index (χ1n) is 6.04. The van der Waals surface area contributed by atoms with Crippen molar-refractivity contribution in [3.8, 4) is 0 Å². The van der Waals surface area contributed by atoms with Gasteiger partial charge in [0, 0.05) is 32.4 Å². The van der Waals surface area contributed by atoms with Gasteiger partial charge in [0.1, 0.15) is 0 Å². The first-order valence-corrected chi connectivity index (χ1v) is 8.35. The molecule has 1 fully saturated rings. The van der Waals surface area contributed by atoms with Gasteiger partial charge in [0.2, 0.25) is 17.7 Å². The van der Waals surface area contributed by atoms with Gasteiger partial charge in [-0.15, -0.1) is 11.8 Å². The topological polar surface area (TPSA) is 78.5 Å². The zero-order valence-electron chi connectivity index (χ0n) is 10.9. The summed E-state index contributed by atoms with van der Waals surface area (Å²) in [5, 5.41) is 5.24. The maximum Gasteiger partial charge on any atom is 0.232 e. The molecule has 3 amide bonds. The number of hydrogen-bond acceptors (Lipinski definition) is 5. The van der Waals surface area contributed by atoms with Crippen molar-refractivity contribution in [1.82, 2.24) is 15.5 Å². The SMILES string of the molecule is CNC(=O)CSCC(=O)NCCN1CCSCC1=O. The maximum atomic E-state index is 11.5.